The molecule has 1 unspecified atom stereocenters. The van der Waals surface area contributed by atoms with Crippen molar-refractivity contribution in [3.05, 3.63) is 12.2 Å². The van der Waals surface area contributed by atoms with Gasteiger partial charge >= 0.3 is 12.0 Å². The van der Waals surface area contributed by atoms with E-state index in [1.165, 1.54) is 21.6 Å². The van der Waals surface area contributed by atoms with Crippen molar-refractivity contribution in [2.24, 2.45) is 0 Å². The van der Waals surface area contributed by atoms with Crippen molar-refractivity contribution in [2.75, 3.05) is 25.2 Å². The molecule has 0 aromatic heterocycles. The lowest BCUT2D eigenvalue weighted by Gasteiger charge is -2.26. The normalized spacial score (nSPS) is 19.6. The molecule has 16 heavy (non-hydrogen) atoms. The zero-order valence-electron chi connectivity index (χ0n) is 9.47. The minimum absolute atomic E-state index is 0.250. The first kappa shape index (κ1) is 12.9. The van der Waals surface area contributed by atoms with E-state index in [1.807, 2.05) is 6.92 Å². The second-order valence-corrected chi connectivity index (χ2v) is 4.92. The molecule has 6 heteroatoms. The summed E-state index contributed by atoms with van der Waals surface area (Å²) in [6.45, 7) is 6.01. The van der Waals surface area contributed by atoms with Gasteiger partial charge in [0.05, 0.1) is 5.88 Å². The van der Waals surface area contributed by atoms with Crippen LogP contribution < -0.4 is 0 Å². The molecule has 1 aliphatic rings. The number of urea groups is 1. The van der Waals surface area contributed by atoms with Crippen molar-refractivity contribution in [1.29, 1.82) is 0 Å². The van der Waals surface area contributed by atoms with Crippen molar-refractivity contribution in [2.45, 2.75) is 13.0 Å². The first-order valence-electron chi connectivity index (χ1n) is 4.90. The third kappa shape index (κ3) is 2.91. The molecule has 1 fully saturated rings. The van der Waals surface area contributed by atoms with Gasteiger partial charge in [0.2, 0.25) is 0 Å². The second-order valence-electron chi connectivity index (χ2n) is 3.92. The second kappa shape index (κ2) is 5.25. The summed E-state index contributed by atoms with van der Waals surface area (Å²) in [5, 5.41) is 8.95. The lowest BCUT2D eigenvalue weighted by atomic mass is 10.3. The van der Waals surface area contributed by atoms with Gasteiger partial charge in [-0.2, -0.15) is 0 Å². The number of amides is 2. The lowest BCUT2D eigenvalue weighted by Crippen LogP contribution is -2.47. The number of aliphatic carboxylic acids is 1. The van der Waals surface area contributed by atoms with Gasteiger partial charge in [0, 0.05) is 19.3 Å². The van der Waals surface area contributed by atoms with Crippen LogP contribution in [0.1, 0.15) is 6.92 Å². The average molecular weight is 244 g/mol. The quantitative estimate of drug-likeness (QED) is 0.754. The van der Waals surface area contributed by atoms with Crippen molar-refractivity contribution in [3.63, 3.8) is 0 Å². The standard InChI is InChI=1S/C10H16N2O3S/c1-7(2)4-11(3)10(15)12-6-16-5-8(12)9(13)14/h8H,1,4-6H2,2-3H3,(H,13,14). The third-order valence-corrected chi connectivity index (χ3v) is 3.26. The number of carboxylic acid groups (broad SMARTS) is 1. The zero-order valence-corrected chi connectivity index (χ0v) is 10.3. The van der Waals surface area contributed by atoms with Crippen molar-refractivity contribution in [3.8, 4) is 0 Å². The summed E-state index contributed by atoms with van der Waals surface area (Å²) < 4.78 is 0. The van der Waals surface area contributed by atoms with Gasteiger partial charge in [-0.3, -0.25) is 0 Å². The first-order chi connectivity index (χ1) is 7.43. The molecule has 1 N–H and O–H groups in total. The van der Waals surface area contributed by atoms with Gasteiger partial charge in [0.25, 0.3) is 0 Å². The van der Waals surface area contributed by atoms with Gasteiger partial charge in [0.15, 0.2) is 0 Å². The zero-order chi connectivity index (χ0) is 12.3. The van der Waals surface area contributed by atoms with Gasteiger partial charge in [-0.05, 0) is 6.92 Å². The van der Waals surface area contributed by atoms with Gasteiger partial charge in [0.1, 0.15) is 6.04 Å². The molecule has 1 saturated heterocycles. The minimum atomic E-state index is -0.943. The first-order valence-corrected chi connectivity index (χ1v) is 6.05. The lowest BCUT2D eigenvalue weighted by molar-refractivity contribution is -0.140. The maximum absolute atomic E-state index is 11.9. The van der Waals surface area contributed by atoms with Crippen LogP contribution in [-0.2, 0) is 4.79 Å². The van der Waals surface area contributed by atoms with Crippen LogP contribution >= 0.6 is 11.8 Å². The highest BCUT2D eigenvalue weighted by atomic mass is 32.2. The van der Waals surface area contributed by atoms with Crippen LogP contribution in [0.15, 0.2) is 12.2 Å². The molecule has 2 amide bonds. The maximum atomic E-state index is 11.9. The molecule has 5 nitrogen and oxygen atoms in total. The fraction of sp³-hybridized carbons (Fsp3) is 0.600. The van der Waals surface area contributed by atoms with Crippen molar-refractivity contribution in [1.82, 2.24) is 9.80 Å². The Balaban J connectivity index is 2.65. The van der Waals surface area contributed by atoms with Gasteiger partial charge < -0.3 is 14.9 Å². The molecule has 1 atom stereocenters. The van der Waals surface area contributed by atoms with E-state index in [9.17, 15) is 9.59 Å². The van der Waals surface area contributed by atoms with E-state index >= 15 is 0 Å². The highest BCUT2D eigenvalue weighted by Crippen LogP contribution is 2.22. The van der Waals surface area contributed by atoms with Crippen LogP contribution in [0.3, 0.4) is 0 Å². The molecule has 0 radical (unpaired) electrons. The Labute approximate surface area is 99.1 Å². The SMILES string of the molecule is C=C(C)CN(C)C(=O)N1CSCC1C(=O)O. The molecular weight excluding hydrogens is 228 g/mol. The van der Waals surface area contributed by atoms with Gasteiger partial charge in [-0.1, -0.05) is 12.2 Å². The fourth-order valence-electron chi connectivity index (χ4n) is 1.53. The van der Waals surface area contributed by atoms with Crippen LogP contribution in [0.25, 0.3) is 0 Å². The smallest absolute Gasteiger partial charge is 0.327 e. The molecule has 0 spiro atoms. The van der Waals surface area contributed by atoms with Gasteiger partial charge in [-0.15, -0.1) is 11.8 Å². The summed E-state index contributed by atoms with van der Waals surface area (Å²) in [4.78, 5) is 25.7. The molecule has 0 aromatic carbocycles. The van der Waals surface area contributed by atoms with E-state index in [1.54, 1.807) is 7.05 Å². The molecular formula is C10H16N2O3S. The predicted molar refractivity (Wildman–Crippen MR) is 63.4 cm³/mol. The number of hydrogen-bond acceptors (Lipinski definition) is 3. The molecule has 90 valence electrons. The van der Waals surface area contributed by atoms with Gasteiger partial charge in [-0.25, -0.2) is 9.59 Å². The highest BCUT2D eigenvalue weighted by molar-refractivity contribution is 7.99. The van der Waals surface area contributed by atoms with E-state index in [0.29, 0.717) is 18.2 Å². The monoisotopic (exact) mass is 244 g/mol. The van der Waals surface area contributed by atoms with Crippen molar-refractivity contribution >= 4 is 23.8 Å². The number of rotatable bonds is 3. The summed E-state index contributed by atoms with van der Waals surface area (Å²) in [7, 11) is 1.65. The Morgan fingerprint density at radius 3 is 2.75 bits per heavy atom. The Morgan fingerprint density at radius 1 is 1.62 bits per heavy atom. The number of nitrogens with zero attached hydrogens (tertiary/aromatic N) is 2. The predicted octanol–water partition coefficient (Wildman–Crippen LogP) is 1.07. The number of thioether (sulfide) groups is 1. The summed E-state index contributed by atoms with van der Waals surface area (Å²) >= 11 is 1.46. The Hall–Kier alpha value is -1.17. The average Bonchev–Trinajstić information content (AvgIpc) is 2.63. The molecule has 0 aliphatic carbocycles. The molecule has 0 bridgehead atoms. The van der Waals surface area contributed by atoms with Crippen LogP contribution in [0.2, 0.25) is 0 Å². The molecule has 0 aromatic rings. The van der Waals surface area contributed by atoms with E-state index < -0.39 is 12.0 Å². The topological polar surface area (TPSA) is 60.9 Å². The van der Waals surface area contributed by atoms with Crippen LogP contribution in [0.4, 0.5) is 4.79 Å². The molecule has 1 aliphatic heterocycles. The van der Waals surface area contributed by atoms with Crippen LogP contribution in [-0.4, -0.2) is 58.2 Å². The third-order valence-electron chi connectivity index (χ3n) is 2.25. The summed E-state index contributed by atoms with van der Waals surface area (Å²) in [5.41, 5.74) is 0.870. The van der Waals surface area contributed by atoms with E-state index in [4.69, 9.17) is 5.11 Å². The Bertz CT molecular complexity index is 319. The Morgan fingerprint density at radius 2 is 2.25 bits per heavy atom. The van der Waals surface area contributed by atoms with Crippen LogP contribution in [0, 0.1) is 0 Å². The number of carbonyl (C=O) groups excluding carboxylic acids is 1. The Kier molecular flexibility index (Phi) is 4.23. The number of carbonyl (C=O) groups is 2. The van der Waals surface area contributed by atoms with Crippen molar-refractivity contribution < 1.29 is 14.7 Å². The number of carboxylic acids is 1. The number of likely N-dealkylation sites (N-methyl/N-ethyl adjacent to an activating group) is 1. The summed E-state index contributed by atoms with van der Waals surface area (Å²) in [6, 6.07) is -0.953. The molecule has 1 heterocycles. The molecule has 0 saturated carbocycles. The van der Waals surface area contributed by atoms with E-state index in [2.05, 4.69) is 6.58 Å². The fourth-order valence-corrected chi connectivity index (χ4v) is 2.67. The summed E-state index contributed by atoms with van der Waals surface area (Å²) in [6.07, 6.45) is 0. The summed E-state index contributed by atoms with van der Waals surface area (Å²) in [5.74, 6) is -0.0414. The van der Waals surface area contributed by atoms with E-state index in [0.717, 1.165) is 5.57 Å². The van der Waals surface area contributed by atoms with Crippen LogP contribution in [0.5, 0.6) is 0 Å². The molecule has 1 rings (SSSR count). The van der Waals surface area contributed by atoms with E-state index in [-0.39, 0.29) is 6.03 Å². The minimum Gasteiger partial charge on any atom is -0.480 e. The maximum Gasteiger partial charge on any atom is 0.327 e. The largest absolute Gasteiger partial charge is 0.480 e. The number of hydrogen-bond donors (Lipinski definition) is 1. The highest BCUT2D eigenvalue weighted by Gasteiger charge is 2.35.